The van der Waals surface area contributed by atoms with E-state index in [1.165, 1.54) is 25.6 Å². The number of carbonyl (C=O) groups excluding carboxylic acids is 6. The Hall–Kier alpha value is -7.42. The number of nitrogens with one attached hydrogen (secondary N) is 3. The minimum absolute atomic E-state index is 0. The van der Waals surface area contributed by atoms with E-state index < -0.39 is 40.1 Å². The Morgan fingerprint density at radius 1 is 0.756 bits per heavy atom. The third kappa shape index (κ3) is 17.8. The number of aromatic nitrogens is 4. The molecule has 422 valence electrons. The number of amides is 4. The molecule has 7 rings (SSSR count). The lowest BCUT2D eigenvalue weighted by atomic mass is 9.95. The molecule has 2 aromatic heterocycles. The maximum atomic E-state index is 13.4. The Morgan fingerprint density at radius 3 is 2.26 bits per heavy atom. The number of aryl methyl sites for hydroxylation is 1. The third-order valence-corrected chi connectivity index (χ3v) is 13.3. The van der Waals surface area contributed by atoms with E-state index in [1.54, 1.807) is 43.5 Å². The van der Waals surface area contributed by atoms with Crippen molar-refractivity contribution < 1.29 is 75.3 Å². The van der Waals surface area contributed by atoms with Crippen LogP contribution in [0.4, 0.5) is 9.59 Å². The fourth-order valence-corrected chi connectivity index (χ4v) is 9.25. The summed E-state index contributed by atoms with van der Waals surface area (Å²) in [4.78, 5) is 88.7. The van der Waals surface area contributed by atoms with Crippen LogP contribution in [-0.2, 0) is 70.5 Å². The quantitative estimate of drug-likeness (QED) is 0.0182. The number of para-hydroxylation sites is 1. The molecule has 2 aliphatic rings. The van der Waals surface area contributed by atoms with Crippen LogP contribution in [-0.4, -0.2) is 150 Å². The molecule has 1 unspecified atom stereocenters. The van der Waals surface area contributed by atoms with Gasteiger partial charge in [0.25, 0.3) is 17.7 Å². The number of ether oxygens (including phenoxy) is 6. The number of benzene rings is 3. The number of hydrogen-bond donors (Lipinski definition) is 3. The minimum atomic E-state index is -3.80. The number of hydrogen-bond acceptors (Lipinski definition) is 19. The normalized spacial score (nSPS) is 13.4. The van der Waals surface area contributed by atoms with Crippen LogP contribution < -0.4 is 20.2 Å². The number of fused-ring (bicyclic) bond motifs is 4. The summed E-state index contributed by atoms with van der Waals surface area (Å²) in [6.45, 7) is 5.13. The first-order valence-electron chi connectivity index (χ1n) is 25.1. The Labute approximate surface area is 452 Å². The predicted molar refractivity (Wildman–Crippen MR) is 281 cm³/mol. The smallest absolute Gasteiger partial charge is 0.432 e. The molecular formula is C53H68N8O16S. The fraction of sp³-hybridized carbons (Fsp3) is 0.453. The van der Waals surface area contributed by atoms with Crippen LogP contribution in [0.5, 0.6) is 0 Å². The van der Waals surface area contributed by atoms with Crippen LogP contribution in [0.25, 0.3) is 22.2 Å². The fourth-order valence-electron chi connectivity index (χ4n) is 8.11. The second-order valence-electron chi connectivity index (χ2n) is 17.3. The number of hydroxylamine groups is 2. The number of pyridine rings is 1. The van der Waals surface area contributed by atoms with Gasteiger partial charge in [-0.05, 0) is 88.5 Å². The van der Waals surface area contributed by atoms with Gasteiger partial charge in [-0.2, -0.15) is 4.72 Å². The Bertz CT molecular complexity index is 2900. The number of imide groups is 1. The van der Waals surface area contributed by atoms with E-state index in [0.29, 0.717) is 92.6 Å². The molecule has 78 heavy (non-hydrogen) atoms. The van der Waals surface area contributed by atoms with Crippen molar-refractivity contribution in [1.82, 2.24) is 40.6 Å². The van der Waals surface area contributed by atoms with Crippen LogP contribution in [0.1, 0.15) is 97.8 Å². The van der Waals surface area contributed by atoms with E-state index in [2.05, 4.69) is 37.6 Å². The van der Waals surface area contributed by atoms with E-state index in [9.17, 15) is 37.2 Å². The summed E-state index contributed by atoms with van der Waals surface area (Å²) in [5.41, 5.74) is 6.15. The average molecular weight is 1110 g/mol. The summed E-state index contributed by atoms with van der Waals surface area (Å²) in [7, 11) is -0.802. The second kappa shape index (κ2) is 31.7. The molecular weight excluding hydrogens is 1040 g/mol. The van der Waals surface area contributed by atoms with Crippen molar-refractivity contribution in [3.63, 3.8) is 0 Å². The van der Waals surface area contributed by atoms with Crippen molar-refractivity contribution in [3.8, 4) is 11.1 Å². The molecule has 1 atom stereocenters. The van der Waals surface area contributed by atoms with E-state index in [1.807, 2.05) is 24.3 Å². The highest BCUT2D eigenvalue weighted by atomic mass is 32.2. The molecule has 0 radical (unpaired) electrons. The van der Waals surface area contributed by atoms with Gasteiger partial charge in [-0.25, -0.2) is 18.0 Å². The molecule has 1 fully saturated rings. The minimum Gasteiger partial charge on any atom is -0.432 e. The molecule has 3 heterocycles. The van der Waals surface area contributed by atoms with Crippen molar-refractivity contribution in [1.29, 1.82) is 0 Å². The van der Waals surface area contributed by atoms with Crippen LogP contribution in [0.3, 0.4) is 0 Å². The SMILES string of the molecule is C.CCCCOCCNC(=O)CCCc1ccc2c(c1)C(COC(=O)ON1C(=O)CCC1=O)c1cccc(C(=O)NCCOCCCOC)c1-2.COCNS(=O)(=O)c1cnccc1CCOC(=O)On1nnc2ccccc21. The lowest BCUT2D eigenvalue weighted by Gasteiger charge is -2.17. The lowest BCUT2D eigenvalue weighted by Crippen LogP contribution is -2.32. The largest absolute Gasteiger partial charge is 0.535 e. The number of rotatable bonds is 29. The van der Waals surface area contributed by atoms with Gasteiger partial charge in [0.1, 0.15) is 29.3 Å². The molecule has 25 heteroatoms. The average Bonchev–Trinajstić information content (AvgIpc) is 4.13. The van der Waals surface area contributed by atoms with E-state index in [4.69, 9.17) is 38.1 Å². The van der Waals surface area contributed by atoms with Crippen molar-refractivity contribution >= 4 is 57.0 Å². The molecule has 3 N–H and O–H groups in total. The number of sulfonamides is 1. The van der Waals surface area contributed by atoms with Crippen molar-refractivity contribution in [3.05, 3.63) is 107 Å². The van der Waals surface area contributed by atoms with Gasteiger partial charge in [-0.15, -0.1) is 5.10 Å². The molecule has 1 aliphatic heterocycles. The molecule has 4 amide bonds. The monoisotopic (exact) mass is 1100 g/mol. The van der Waals surface area contributed by atoms with Crippen LogP contribution in [0.15, 0.2) is 84.0 Å². The first-order chi connectivity index (χ1) is 37.3. The van der Waals surface area contributed by atoms with Gasteiger partial charge in [-0.3, -0.25) is 33.8 Å². The third-order valence-electron chi connectivity index (χ3n) is 11.9. The van der Waals surface area contributed by atoms with Gasteiger partial charge in [0, 0.05) is 96.7 Å². The molecule has 3 aromatic carbocycles. The maximum Gasteiger partial charge on any atom is 0.535 e. The Balaban J connectivity index is 0.000000327. The van der Waals surface area contributed by atoms with Crippen LogP contribution in [0.2, 0.25) is 0 Å². The van der Waals surface area contributed by atoms with Gasteiger partial charge in [0.05, 0.1) is 19.8 Å². The topological polar surface area (TPSA) is 293 Å². The number of nitrogens with zero attached hydrogens (tertiary/aromatic N) is 5. The van der Waals surface area contributed by atoms with Gasteiger partial charge in [0.2, 0.25) is 15.9 Å². The molecule has 1 saturated heterocycles. The second-order valence-corrected chi connectivity index (χ2v) is 19.1. The molecule has 0 saturated carbocycles. The highest BCUT2D eigenvalue weighted by Crippen LogP contribution is 2.47. The molecule has 1 aliphatic carbocycles. The van der Waals surface area contributed by atoms with Crippen molar-refractivity contribution in [2.45, 2.75) is 83.0 Å². The molecule has 0 spiro atoms. The predicted octanol–water partition coefficient (Wildman–Crippen LogP) is 5.21. The summed E-state index contributed by atoms with van der Waals surface area (Å²) in [5, 5.41) is 13.8. The summed E-state index contributed by atoms with van der Waals surface area (Å²) >= 11 is 0. The van der Waals surface area contributed by atoms with Gasteiger partial charge in [0.15, 0.2) is 0 Å². The van der Waals surface area contributed by atoms with Gasteiger partial charge < -0.3 is 39.1 Å². The number of carbonyl (C=O) groups is 6. The Kier molecular flexibility index (Phi) is 25.0. The first kappa shape index (κ1) is 61.4. The highest BCUT2D eigenvalue weighted by molar-refractivity contribution is 7.89. The van der Waals surface area contributed by atoms with E-state index in [0.717, 1.165) is 51.9 Å². The zero-order chi connectivity index (χ0) is 55.0. The van der Waals surface area contributed by atoms with E-state index >= 15 is 0 Å². The lowest BCUT2D eigenvalue weighted by molar-refractivity contribution is -0.177. The first-order valence-corrected chi connectivity index (χ1v) is 26.6. The van der Waals surface area contributed by atoms with Crippen molar-refractivity contribution in [2.24, 2.45) is 0 Å². The summed E-state index contributed by atoms with van der Waals surface area (Å²) in [6, 6.07) is 19.8. The van der Waals surface area contributed by atoms with Crippen LogP contribution in [0, 0.1) is 0 Å². The highest BCUT2D eigenvalue weighted by Gasteiger charge is 2.36. The van der Waals surface area contributed by atoms with Crippen molar-refractivity contribution in [2.75, 3.05) is 80.3 Å². The zero-order valence-corrected chi connectivity index (χ0v) is 44.0. The molecule has 5 aromatic rings. The Morgan fingerprint density at radius 2 is 1.50 bits per heavy atom. The standard InChI is InChI=1S/C36H47N3O10.C16H17N5O6S.CH4/c1-3-4-19-46-21-16-37-31(40)11-5-8-25-12-13-27-29(23-25)30(24-48-36(44)49-39-32(41)14-15-33(39)42)26-9-6-10-28(34(26)27)35(43)38-17-22-47-20-7-18-45-2;1-25-11-18-28(23,24)15-10-17-8-6-12(15)7-9-26-16(22)27-21-14-5-3-2-4-13(14)19-20-21;/h6,9-10,12-13,23,30H,3-5,7-8,11,14-22,24H2,1-2H3,(H,37,40)(H,38,43);2-6,8,10,18H,7,9,11H2,1H3;1H4. The van der Waals surface area contributed by atoms with Gasteiger partial charge >= 0.3 is 12.3 Å². The molecule has 0 bridgehead atoms. The summed E-state index contributed by atoms with van der Waals surface area (Å²) in [5.74, 6) is -1.96. The zero-order valence-electron chi connectivity index (χ0n) is 43.2. The van der Waals surface area contributed by atoms with Crippen LogP contribution >= 0.6 is 0 Å². The van der Waals surface area contributed by atoms with Gasteiger partial charge in [-0.1, -0.05) is 73.1 Å². The summed E-state index contributed by atoms with van der Waals surface area (Å²) in [6.07, 6.45) is 5.02. The summed E-state index contributed by atoms with van der Waals surface area (Å²) < 4.78 is 58.1. The number of methoxy groups -OCH3 is 2. The number of unbranched alkanes of at least 4 members (excludes halogenated alkanes) is 1. The molecule has 24 nitrogen and oxygen atoms in total. The van der Waals surface area contributed by atoms with E-state index in [-0.39, 0.29) is 63.3 Å². The maximum absolute atomic E-state index is 13.4.